The molecule has 0 fully saturated rings. The van der Waals surface area contributed by atoms with E-state index in [0.29, 0.717) is 25.3 Å². The molecule has 26 heavy (non-hydrogen) atoms. The van der Waals surface area contributed by atoms with Gasteiger partial charge in [0, 0.05) is 25.8 Å². The Kier molecular flexibility index (Phi) is 5.84. The van der Waals surface area contributed by atoms with E-state index >= 15 is 0 Å². The quantitative estimate of drug-likeness (QED) is 0.809. The Morgan fingerprint density at radius 3 is 2.65 bits per heavy atom. The first kappa shape index (κ1) is 18.7. The molecule has 5 nitrogen and oxygen atoms in total. The Hall–Kier alpha value is -2.05. The average molecular weight is 375 g/mol. The van der Waals surface area contributed by atoms with Crippen LogP contribution in [0.4, 0.5) is 5.69 Å². The van der Waals surface area contributed by atoms with Gasteiger partial charge in [0.2, 0.25) is 10.0 Å². The molecule has 140 valence electrons. The molecule has 1 N–H and O–H groups in total. The van der Waals surface area contributed by atoms with Gasteiger partial charge < -0.3 is 9.64 Å². The van der Waals surface area contributed by atoms with E-state index in [2.05, 4.69) is 34.9 Å². The van der Waals surface area contributed by atoms with Crippen LogP contribution < -0.4 is 14.4 Å². The smallest absolute Gasteiger partial charge is 0.240 e. The van der Waals surface area contributed by atoms with Crippen LogP contribution in [0.2, 0.25) is 0 Å². The standard InChI is InChI=1S/C20H26N2O3S/c1-3-25-18-7-9-19(10-8-18)26(23,24)21-13-12-16-6-11-20-17(15-16)5-4-14-22(20)2/h6-11,15,21H,3-5,12-14H2,1-2H3. The van der Waals surface area contributed by atoms with Crippen LogP contribution in [0.25, 0.3) is 0 Å². The van der Waals surface area contributed by atoms with Crippen LogP contribution >= 0.6 is 0 Å². The van der Waals surface area contributed by atoms with Crippen molar-refractivity contribution < 1.29 is 13.2 Å². The lowest BCUT2D eigenvalue weighted by molar-refractivity contribution is 0.340. The van der Waals surface area contributed by atoms with E-state index in [9.17, 15) is 8.42 Å². The number of ether oxygens (including phenoxy) is 1. The minimum Gasteiger partial charge on any atom is -0.494 e. The summed E-state index contributed by atoms with van der Waals surface area (Å²) >= 11 is 0. The van der Waals surface area contributed by atoms with Crippen molar-refractivity contribution in [3.8, 4) is 5.75 Å². The van der Waals surface area contributed by atoms with Gasteiger partial charge in [0.15, 0.2) is 0 Å². The highest BCUT2D eigenvalue weighted by atomic mass is 32.2. The highest BCUT2D eigenvalue weighted by Crippen LogP contribution is 2.26. The Labute approximate surface area is 156 Å². The van der Waals surface area contributed by atoms with E-state index in [1.54, 1.807) is 24.3 Å². The number of aryl methyl sites for hydroxylation is 1. The summed E-state index contributed by atoms with van der Waals surface area (Å²) in [4.78, 5) is 2.53. The van der Waals surface area contributed by atoms with Crippen molar-refractivity contribution in [1.29, 1.82) is 0 Å². The molecule has 0 atom stereocenters. The van der Waals surface area contributed by atoms with Gasteiger partial charge in [0.1, 0.15) is 5.75 Å². The van der Waals surface area contributed by atoms with Crippen LogP contribution in [0.1, 0.15) is 24.5 Å². The fourth-order valence-electron chi connectivity index (χ4n) is 3.29. The molecular formula is C20H26N2O3S. The predicted octanol–water partition coefficient (Wildman–Crippen LogP) is 2.99. The Morgan fingerprint density at radius 2 is 1.92 bits per heavy atom. The molecule has 0 spiro atoms. The molecule has 0 radical (unpaired) electrons. The maximum atomic E-state index is 12.4. The second-order valence-corrected chi connectivity index (χ2v) is 8.31. The van der Waals surface area contributed by atoms with Crippen molar-refractivity contribution in [2.45, 2.75) is 31.1 Å². The van der Waals surface area contributed by atoms with Gasteiger partial charge in [0.25, 0.3) is 0 Å². The third kappa shape index (κ3) is 4.37. The molecule has 0 amide bonds. The van der Waals surface area contributed by atoms with Gasteiger partial charge in [0.05, 0.1) is 11.5 Å². The fourth-order valence-corrected chi connectivity index (χ4v) is 4.32. The first-order valence-electron chi connectivity index (χ1n) is 9.05. The lowest BCUT2D eigenvalue weighted by Gasteiger charge is -2.27. The Morgan fingerprint density at radius 1 is 1.15 bits per heavy atom. The van der Waals surface area contributed by atoms with Gasteiger partial charge in [-0.05, 0) is 67.6 Å². The molecule has 1 aliphatic rings. The van der Waals surface area contributed by atoms with E-state index < -0.39 is 10.0 Å². The van der Waals surface area contributed by atoms with Crippen LogP contribution in [0, 0.1) is 0 Å². The summed E-state index contributed by atoms with van der Waals surface area (Å²) < 4.78 is 32.8. The highest BCUT2D eigenvalue weighted by Gasteiger charge is 2.15. The van der Waals surface area contributed by atoms with Gasteiger partial charge in [-0.3, -0.25) is 0 Å². The largest absolute Gasteiger partial charge is 0.494 e. The molecule has 2 aromatic carbocycles. The number of benzene rings is 2. The molecule has 0 saturated heterocycles. The number of anilines is 1. The van der Waals surface area contributed by atoms with E-state index in [-0.39, 0.29) is 4.90 Å². The van der Waals surface area contributed by atoms with E-state index in [0.717, 1.165) is 24.9 Å². The van der Waals surface area contributed by atoms with Crippen LogP contribution in [-0.2, 0) is 22.9 Å². The first-order valence-corrected chi connectivity index (χ1v) is 10.5. The molecule has 3 rings (SSSR count). The molecule has 0 unspecified atom stereocenters. The lowest BCUT2D eigenvalue weighted by Crippen LogP contribution is -2.26. The van der Waals surface area contributed by atoms with E-state index in [1.165, 1.54) is 11.3 Å². The fraction of sp³-hybridized carbons (Fsp3) is 0.400. The second-order valence-electron chi connectivity index (χ2n) is 6.54. The predicted molar refractivity (Wildman–Crippen MR) is 105 cm³/mol. The van der Waals surface area contributed by atoms with Crippen molar-refractivity contribution in [2.24, 2.45) is 0 Å². The Bertz CT molecular complexity index is 848. The SMILES string of the molecule is CCOc1ccc(S(=O)(=O)NCCc2ccc3c(c2)CCCN3C)cc1. The summed E-state index contributed by atoms with van der Waals surface area (Å²) in [6.45, 7) is 3.92. The zero-order chi connectivity index (χ0) is 18.6. The number of fused-ring (bicyclic) bond motifs is 1. The maximum Gasteiger partial charge on any atom is 0.240 e. The lowest BCUT2D eigenvalue weighted by atomic mass is 9.98. The Balaban J connectivity index is 1.60. The van der Waals surface area contributed by atoms with Crippen molar-refractivity contribution in [3.63, 3.8) is 0 Å². The molecule has 1 heterocycles. The third-order valence-corrected chi connectivity index (χ3v) is 6.12. The summed E-state index contributed by atoms with van der Waals surface area (Å²) in [5.41, 5.74) is 3.80. The first-order chi connectivity index (χ1) is 12.5. The number of rotatable bonds is 7. The summed E-state index contributed by atoms with van der Waals surface area (Å²) in [6, 6.07) is 12.9. The number of sulfonamides is 1. The number of nitrogens with one attached hydrogen (secondary N) is 1. The van der Waals surface area contributed by atoms with E-state index in [1.807, 2.05) is 6.92 Å². The van der Waals surface area contributed by atoms with Crippen molar-refractivity contribution in [2.75, 3.05) is 31.6 Å². The van der Waals surface area contributed by atoms with Crippen LogP contribution in [-0.4, -0.2) is 35.2 Å². The topological polar surface area (TPSA) is 58.6 Å². The number of hydrogen-bond donors (Lipinski definition) is 1. The second kappa shape index (κ2) is 8.10. The molecule has 0 bridgehead atoms. The molecule has 0 saturated carbocycles. The molecule has 6 heteroatoms. The number of nitrogens with zero attached hydrogens (tertiary/aromatic N) is 1. The van der Waals surface area contributed by atoms with Gasteiger partial charge in [-0.1, -0.05) is 12.1 Å². The maximum absolute atomic E-state index is 12.4. The monoisotopic (exact) mass is 374 g/mol. The van der Waals surface area contributed by atoms with Crippen LogP contribution in [0.5, 0.6) is 5.75 Å². The van der Waals surface area contributed by atoms with Crippen molar-refractivity contribution in [1.82, 2.24) is 4.72 Å². The zero-order valence-corrected chi connectivity index (χ0v) is 16.2. The normalized spacial score (nSPS) is 14.2. The van der Waals surface area contributed by atoms with E-state index in [4.69, 9.17) is 4.74 Å². The van der Waals surface area contributed by atoms with Gasteiger partial charge >= 0.3 is 0 Å². The highest BCUT2D eigenvalue weighted by molar-refractivity contribution is 7.89. The number of hydrogen-bond acceptors (Lipinski definition) is 4. The van der Waals surface area contributed by atoms with Crippen LogP contribution in [0.15, 0.2) is 47.4 Å². The molecule has 0 aromatic heterocycles. The van der Waals surface area contributed by atoms with Gasteiger partial charge in [-0.15, -0.1) is 0 Å². The summed E-state index contributed by atoms with van der Waals surface area (Å²) in [7, 11) is -1.39. The molecular weight excluding hydrogens is 348 g/mol. The molecule has 0 aliphatic carbocycles. The van der Waals surface area contributed by atoms with Gasteiger partial charge in [-0.25, -0.2) is 13.1 Å². The van der Waals surface area contributed by atoms with Gasteiger partial charge in [-0.2, -0.15) is 0 Å². The minimum absolute atomic E-state index is 0.257. The third-order valence-electron chi connectivity index (χ3n) is 4.65. The van der Waals surface area contributed by atoms with Crippen molar-refractivity contribution >= 4 is 15.7 Å². The van der Waals surface area contributed by atoms with Crippen LogP contribution in [0.3, 0.4) is 0 Å². The average Bonchev–Trinajstić information content (AvgIpc) is 2.62. The summed E-state index contributed by atoms with van der Waals surface area (Å²) in [5.74, 6) is 0.672. The molecule has 1 aliphatic heterocycles. The molecule has 2 aromatic rings. The zero-order valence-electron chi connectivity index (χ0n) is 15.4. The summed E-state index contributed by atoms with van der Waals surface area (Å²) in [5, 5.41) is 0. The van der Waals surface area contributed by atoms with Crippen molar-refractivity contribution in [3.05, 3.63) is 53.6 Å². The summed E-state index contributed by atoms with van der Waals surface area (Å²) in [6.07, 6.45) is 2.93. The minimum atomic E-state index is -3.50.